The van der Waals surface area contributed by atoms with E-state index in [1.165, 1.54) is 0 Å². The average Bonchev–Trinajstić information content (AvgIpc) is 2.24. The number of halogens is 1. The number of hydrogen-bond acceptors (Lipinski definition) is 2. The molecule has 0 unspecified atom stereocenters. The third-order valence-electron chi connectivity index (χ3n) is 1.97. The highest BCUT2D eigenvalue weighted by atomic mass is 79.9. The molecule has 1 aromatic rings. The fourth-order valence-electron chi connectivity index (χ4n) is 1.12. The van der Waals surface area contributed by atoms with Crippen LogP contribution in [0.15, 0.2) is 22.7 Å². The number of carbonyl (C=O) groups is 1. The fourth-order valence-corrected chi connectivity index (χ4v) is 1.50. The van der Waals surface area contributed by atoms with Crippen molar-refractivity contribution < 1.29 is 4.79 Å². The predicted molar refractivity (Wildman–Crippen MR) is 69.2 cm³/mol. The first-order valence-electron chi connectivity index (χ1n) is 4.83. The topological polar surface area (TPSA) is 41.1 Å². The Bertz CT molecular complexity index is 424. The van der Waals surface area contributed by atoms with Crippen molar-refractivity contribution in [3.63, 3.8) is 0 Å². The lowest BCUT2D eigenvalue weighted by molar-refractivity contribution is -0.115. The van der Waals surface area contributed by atoms with E-state index in [1.54, 1.807) is 0 Å². The summed E-state index contributed by atoms with van der Waals surface area (Å²) in [6, 6.07) is 5.67. The smallest absolute Gasteiger partial charge is 0.238 e. The second-order valence-corrected chi connectivity index (χ2v) is 4.17. The molecule has 4 heteroatoms. The molecule has 0 saturated heterocycles. The van der Waals surface area contributed by atoms with Crippen LogP contribution in [0.25, 0.3) is 0 Å². The van der Waals surface area contributed by atoms with Gasteiger partial charge in [-0.2, -0.15) is 0 Å². The zero-order valence-electron chi connectivity index (χ0n) is 9.01. The quantitative estimate of drug-likeness (QED) is 0.654. The van der Waals surface area contributed by atoms with Crippen LogP contribution >= 0.6 is 15.9 Å². The van der Waals surface area contributed by atoms with E-state index in [-0.39, 0.29) is 12.5 Å². The van der Waals surface area contributed by atoms with Gasteiger partial charge in [-0.1, -0.05) is 27.9 Å². The van der Waals surface area contributed by atoms with Crippen molar-refractivity contribution in [1.82, 2.24) is 5.32 Å². The molecule has 0 aliphatic carbocycles. The number of amides is 1. The minimum Gasteiger partial charge on any atom is -0.325 e. The van der Waals surface area contributed by atoms with Gasteiger partial charge >= 0.3 is 0 Å². The Hall–Kier alpha value is -1.31. The first-order chi connectivity index (χ1) is 7.63. The van der Waals surface area contributed by atoms with Gasteiger partial charge in [0.15, 0.2) is 0 Å². The summed E-state index contributed by atoms with van der Waals surface area (Å²) in [5.41, 5.74) is 1.90. The number of carbonyl (C=O) groups excluding carboxylic acids is 1. The van der Waals surface area contributed by atoms with Gasteiger partial charge < -0.3 is 5.32 Å². The molecule has 0 heterocycles. The number of benzene rings is 1. The molecule has 3 nitrogen and oxygen atoms in total. The number of hydrogen-bond donors (Lipinski definition) is 2. The molecular formula is C12H13BrN2O. The van der Waals surface area contributed by atoms with E-state index >= 15 is 0 Å². The maximum absolute atomic E-state index is 11.4. The third kappa shape index (κ3) is 4.05. The summed E-state index contributed by atoms with van der Waals surface area (Å²) in [6.07, 6.45) is 5.05. The molecule has 84 valence electrons. The molecular weight excluding hydrogens is 268 g/mol. The second kappa shape index (κ2) is 6.31. The van der Waals surface area contributed by atoms with Crippen LogP contribution in [0.4, 0.5) is 5.69 Å². The van der Waals surface area contributed by atoms with Gasteiger partial charge in [0.2, 0.25) is 5.91 Å². The van der Waals surface area contributed by atoms with Crippen LogP contribution in [0, 0.1) is 19.3 Å². The summed E-state index contributed by atoms with van der Waals surface area (Å²) < 4.78 is 0.974. The monoisotopic (exact) mass is 280 g/mol. The normalized spacial score (nSPS) is 9.56. The SMILES string of the molecule is C#CCNCC(=O)Nc1ccc(C)c(Br)c1. The van der Waals surface area contributed by atoms with Crippen LogP contribution in [0.5, 0.6) is 0 Å². The average molecular weight is 281 g/mol. The maximum Gasteiger partial charge on any atom is 0.238 e. The van der Waals surface area contributed by atoms with Crippen molar-refractivity contribution >= 4 is 27.5 Å². The molecule has 0 aliphatic rings. The largest absolute Gasteiger partial charge is 0.325 e. The highest BCUT2D eigenvalue weighted by Crippen LogP contribution is 2.20. The lowest BCUT2D eigenvalue weighted by Crippen LogP contribution is -2.28. The molecule has 1 aromatic carbocycles. The molecule has 2 N–H and O–H groups in total. The minimum absolute atomic E-state index is 0.106. The van der Waals surface area contributed by atoms with Crippen LogP contribution in [0.1, 0.15) is 5.56 Å². The highest BCUT2D eigenvalue weighted by Gasteiger charge is 2.02. The van der Waals surface area contributed by atoms with E-state index in [0.29, 0.717) is 6.54 Å². The van der Waals surface area contributed by atoms with E-state index in [0.717, 1.165) is 15.7 Å². The van der Waals surface area contributed by atoms with Gasteiger partial charge in [0, 0.05) is 10.2 Å². The van der Waals surface area contributed by atoms with Gasteiger partial charge in [0.25, 0.3) is 0 Å². The number of aryl methyl sites for hydroxylation is 1. The first-order valence-corrected chi connectivity index (χ1v) is 5.63. The standard InChI is InChI=1S/C12H13BrN2O/c1-3-6-14-8-12(16)15-10-5-4-9(2)11(13)7-10/h1,4-5,7,14H,6,8H2,2H3,(H,15,16). The maximum atomic E-state index is 11.4. The lowest BCUT2D eigenvalue weighted by Gasteiger charge is -2.06. The van der Waals surface area contributed by atoms with Crippen molar-refractivity contribution in [1.29, 1.82) is 0 Å². The predicted octanol–water partition coefficient (Wildman–Crippen LogP) is 1.92. The number of nitrogens with one attached hydrogen (secondary N) is 2. The Labute approximate surface area is 104 Å². The van der Waals surface area contributed by atoms with Gasteiger partial charge in [-0.05, 0) is 24.6 Å². The van der Waals surface area contributed by atoms with Gasteiger partial charge in [0.05, 0.1) is 13.1 Å². The number of rotatable bonds is 4. The summed E-state index contributed by atoms with van der Waals surface area (Å²) >= 11 is 3.41. The molecule has 1 rings (SSSR count). The van der Waals surface area contributed by atoms with Crippen molar-refractivity contribution in [2.24, 2.45) is 0 Å². The zero-order valence-corrected chi connectivity index (χ0v) is 10.6. The van der Waals surface area contributed by atoms with E-state index < -0.39 is 0 Å². The molecule has 0 fully saturated rings. The first kappa shape index (κ1) is 12.8. The summed E-state index contributed by atoms with van der Waals surface area (Å²) in [5, 5.41) is 5.59. The Morgan fingerprint density at radius 3 is 2.94 bits per heavy atom. The summed E-state index contributed by atoms with van der Waals surface area (Å²) in [6.45, 7) is 2.60. The minimum atomic E-state index is -0.106. The van der Waals surface area contributed by atoms with Crippen molar-refractivity contribution in [2.45, 2.75) is 6.92 Å². The van der Waals surface area contributed by atoms with E-state index in [4.69, 9.17) is 6.42 Å². The lowest BCUT2D eigenvalue weighted by atomic mass is 10.2. The van der Waals surface area contributed by atoms with Gasteiger partial charge in [0.1, 0.15) is 0 Å². The molecule has 1 amide bonds. The second-order valence-electron chi connectivity index (χ2n) is 3.32. The third-order valence-corrected chi connectivity index (χ3v) is 2.82. The van der Waals surface area contributed by atoms with Crippen molar-refractivity contribution in [3.8, 4) is 12.3 Å². The molecule has 0 aromatic heterocycles. The molecule has 0 atom stereocenters. The zero-order chi connectivity index (χ0) is 12.0. The Morgan fingerprint density at radius 2 is 2.31 bits per heavy atom. The van der Waals surface area contributed by atoms with E-state index in [2.05, 4.69) is 32.5 Å². The van der Waals surface area contributed by atoms with Crippen LogP contribution in [0.2, 0.25) is 0 Å². The summed E-state index contributed by atoms with van der Waals surface area (Å²) in [5.74, 6) is 2.30. The van der Waals surface area contributed by atoms with Gasteiger partial charge in [-0.3, -0.25) is 10.1 Å². The van der Waals surface area contributed by atoms with E-state index in [1.807, 2.05) is 25.1 Å². The molecule has 0 bridgehead atoms. The Balaban J connectivity index is 2.50. The van der Waals surface area contributed by atoms with Crippen LogP contribution < -0.4 is 10.6 Å². The molecule has 16 heavy (non-hydrogen) atoms. The van der Waals surface area contributed by atoms with Crippen molar-refractivity contribution in [3.05, 3.63) is 28.2 Å². The molecule has 0 aliphatic heterocycles. The van der Waals surface area contributed by atoms with Crippen LogP contribution in [-0.4, -0.2) is 19.0 Å². The molecule has 0 radical (unpaired) electrons. The number of anilines is 1. The summed E-state index contributed by atoms with van der Waals surface area (Å²) in [7, 11) is 0. The van der Waals surface area contributed by atoms with Gasteiger partial charge in [-0.25, -0.2) is 0 Å². The van der Waals surface area contributed by atoms with Crippen LogP contribution in [-0.2, 0) is 4.79 Å². The van der Waals surface area contributed by atoms with Gasteiger partial charge in [-0.15, -0.1) is 6.42 Å². The Kier molecular flexibility index (Phi) is 5.03. The fraction of sp³-hybridized carbons (Fsp3) is 0.250. The number of terminal acetylenes is 1. The molecule has 0 spiro atoms. The highest BCUT2D eigenvalue weighted by molar-refractivity contribution is 9.10. The molecule has 0 saturated carbocycles. The Morgan fingerprint density at radius 1 is 1.56 bits per heavy atom. The van der Waals surface area contributed by atoms with E-state index in [9.17, 15) is 4.79 Å². The van der Waals surface area contributed by atoms with Crippen LogP contribution in [0.3, 0.4) is 0 Å². The van der Waals surface area contributed by atoms with Crippen molar-refractivity contribution in [2.75, 3.05) is 18.4 Å². The summed E-state index contributed by atoms with van der Waals surface area (Å²) in [4.78, 5) is 11.4.